The van der Waals surface area contributed by atoms with Crippen molar-refractivity contribution in [3.63, 3.8) is 0 Å². The molecule has 5 nitrogen and oxygen atoms in total. The molecule has 6 heteroatoms. The van der Waals surface area contributed by atoms with Crippen molar-refractivity contribution in [3.8, 4) is 5.75 Å². The SMILES string of the molecule is COc1cc(B2OC(C)(C)C(C)(C)O2)cc(C)c1C(=O)O. The molecule has 1 saturated heterocycles. The van der Waals surface area contributed by atoms with Gasteiger partial charge in [-0.15, -0.1) is 0 Å². The van der Waals surface area contributed by atoms with Crippen LogP contribution < -0.4 is 10.2 Å². The molecule has 0 bridgehead atoms. The summed E-state index contributed by atoms with van der Waals surface area (Å²) in [5.41, 5.74) is 0.659. The third-order valence-corrected chi connectivity index (χ3v) is 4.28. The molecular weight excluding hydrogens is 271 g/mol. The number of hydrogen-bond donors (Lipinski definition) is 1. The number of rotatable bonds is 3. The topological polar surface area (TPSA) is 65.0 Å². The fourth-order valence-corrected chi connectivity index (χ4v) is 2.33. The minimum absolute atomic E-state index is 0.165. The predicted molar refractivity (Wildman–Crippen MR) is 80.4 cm³/mol. The van der Waals surface area contributed by atoms with Gasteiger partial charge in [-0.05, 0) is 51.7 Å². The van der Waals surface area contributed by atoms with E-state index in [9.17, 15) is 9.90 Å². The van der Waals surface area contributed by atoms with Crippen LogP contribution in [0.5, 0.6) is 5.75 Å². The number of carboxylic acid groups (broad SMARTS) is 1. The van der Waals surface area contributed by atoms with Crippen molar-refractivity contribution in [1.29, 1.82) is 0 Å². The lowest BCUT2D eigenvalue weighted by atomic mass is 9.77. The van der Waals surface area contributed by atoms with E-state index in [-0.39, 0.29) is 5.56 Å². The van der Waals surface area contributed by atoms with Crippen molar-refractivity contribution in [2.75, 3.05) is 7.11 Å². The highest BCUT2D eigenvalue weighted by molar-refractivity contribution is 6.62. The van der Waals surface area contributed by atoms with Gasteiger partial charge < -0.3 is 19.2 Å². The molecule has 114 valence electrons. The maximum absolute atomic E-state index is 11.3. The fourth-order valence-electron chi connectivity index (χ4n) is 2.33. The third kappa shape index (κ3) is 2.65. The zero-order valence-electron chi connectivity index (χ0n) is 13.3. The number of carbonyl (C=O) groups is 1. The van der Waals surface area contributed by atoms with Crippen LogP contribution >= 0.6 is 0 Å². The highest BCUT2D eigenvalue weighted by atomic mass is 16.7. The summed E-state index contributed by atoms with van der Waals surface area (Å²) in [6, 6.07) is 3.44. The fraction of sp³-hybridized carbons (Fsp3) is 0.533. The van der Waals surface area contributed by atoms with E-state index in [0.29, 0.717) is 11.3 Å². The van der Waals surface area contributed by atoms with Crippen LogP contribution in [0.4, 0.5) is 0 Å². The average Bonchev–Trinajstić information content (AvgIpc) is 2.56. The van der Waals surface area contributed by atoms with Gasteiger partial charge in [-0.2, -0.15) is 0 Å². The lowest BCUT2D eigenvalue weighted by Gasteiger charge is -2.32. The molecule has 0 aromatic heterocycles. The van der Waals surface area contributed by atoms with E-state index in [0.717, 1.165) is 5.46 Å². The molecule has 1 fully saturated rings. The molecule has 0 saturated carbocycles. The largest absolute Gasteiger partial charge is 0.496 e. The van der Waals surface area contributed by atoms with Gasteiger partial charge in [0, 0.05) is 0 Å². The Labute approximate surface area is 125 Å². The van der Waals surface area contributed by atoms with Gasteiger partial charge in [0.15, 0.2) is 0 Å². The number of benzene rings is 1. The smallest absolute Gasteiger partial charge is 0.494 e. The van der Waals surface area contributed by atoms with Gasteiger partial charge in [0.05, 0.1) is 18.3 Å². The molecule has 0 spiro atoms. The Kier molecular flexibility index (Phi) is 3.80. The summed E-state index contributed by atoms with van der Waals surface area (Å²) in [7, 11) is 0.917. The van der Waals surface area contributed by atoms with Crippen LogP contribution in [0.25, 0.3) is 0 Å². The van der Waals surface area contributed by atoms with E-state index >= 15 is 0 Å². The second-order valence-corrected chi connectivity index (χ2v) is 6.31. The first-order valence-electron chi connectivity index (χ1n) is 6.86. The minimum atomic E-state index is -1.01. The van der Waals surface area contributed by atoms with Gasteiger partial charge in [-0.25, -0.2) is 4.79 Å². The normalized spacial score (nSPS) is 19.6. The summed E-state index contributed by atoms with van der Waals surface area (Å²) in [5, 5.41) is 9.26. The Morgan fingerprint density at radius 2 is 1.71 bits per heavy atom. The van der Waals surface area contributed by atoms with E-state index < -0.39 is 24.3 Å². The molecule has 1 aliphatic heterocycles. The molecule has 0 radical (unpaired) electrons. The number of ether oxygens (including phenoxy) is 1. The summed E-state index contributed by atoms with van der Waals surface area (Å²) in [6.07, 6.45) is 0. The number of hydrogen-bond acceptors (Lipinski definition) is 4. The van der Waals surface area contributed by atoms with Crippen molar-refractivity contribution in [1.82, 2.24) is 0 Å². The molecule has 1 aromatic carbocycles. The zero-order chi connectivity index (χ0) is 16.0. The van der Waals surface area contributed by atoms with Gasteiger partial charge in [0.1, 0.15) is 11.3 Å². The molecular formula is C15H21BO5. The summed E-state index contributed by atoms with van der Waals surface area (Å²) in [4.78, 5) is 11.3. The van der Waals surface area contributed by atoms with E-state index in [1.54, 1.807) is 19.1 Å². The standard InChI is InChI=1S/C15H21BO5/c1-9-7-10(8-11(19-6)12(9)13(17)18)16-20-14(2,3)15(4,5)21-16/h7-8H,1-6H3,(H,17,18). The Hall–Kier alpha value is -1.53. The molecule has 1 aliphatic rings. The molecule has 1 aromatic rings. The van der Waals surface area contributed by atoms with Gasteiger partial charge in [0.25, 0.3) is 0 Å². The van der Waals surface area contributed by atoms with Crippen LogP contribution in [0.1, 0.15) is 43.6 Å². The van der Waals surface area contributed by atoms with Crippen LogP contribution in [-0.2, 0) is 9.31 Å². The number of methoxy groups -OCH3 is 1. The Balaban J connectivity index is 2.44. The first-order valence-corrected chi connectivity index (χ1v) is 6.86. The zero-order valence-corrected chi connectivity index (χ0v) is 13.3. The maximum atomic E-state index is 11.3. The maximum Gasteiger partial charge on any atom is 0.494 e. The first kappa shape index (κ1) is 15.9. The van der Waals surface area contributed by atoms with Crippen LogP contribution in [-0.4, -0.2) is 36.5 Å². The molecule has 0 aliphatic carbocycles. The molecule has 2 rings (SSSR count). The molecule has 1 heterocycles. The third-order valence-electron chi connectivity index (χ3n) is 4.28. The van der Waals surface area contributed by atoms with E-state index in [1.807, 2.05) is 27.7 Å². The number of aromatic carboxylic acids is 1. The summed E-state index contributed by atoms with van der Waals surface area (Å²) < 4.78 is 17.2. The van der Waals surface area contributed by atoms with Gasteiger partial charge in [-0.3, -0.25) is 0 Å². The van der Waals surface area contributed by atoms with Crippen LogP contribution in [0.3, 0.4) is 0 Å². The monoisotopic (exact) mass is 292 g/mol. The molecule has 0 unspecified atom stereocenters. The van der Waals surface area contributed by atoms with Gasteiger partial charge in [0.2, 0.25) is 0 Å². The van der Waals surface area contributed by atoms with Crippen LogP contribution in [0.2, 0.25) is 0 Å². The quantitative estimate of drug-likeness (QED) is 0.863. The highest BCUT2D eigenvalue weighted by Crippen LogP contribution is 2.37. The van der Waals surface area contributed by atoms with Crippen molar-refractivity contribution in [3.05, 3.63) is 23.3 Å². The number of carboxylic acids is 1. The van der Waals surface area contributed by atoms with Crippen molar-refractivity contribution < 1.29 is 23.9 Å². The Bertz CT molecular complexity index is 564. The average molecular weight is 292 g/mol. The minimum Gasteiger partial charge on any atom is -0.496 e. The Morgan fingerprint density at radius 1 is 1.19 bits per heavy atom. The molecule has 1 N–H and O–H groups in total. The first-order chi connectivity index (χ1) is 9.59. The predicted octanol–water partition coefficient (Wildman–Crippen LogP) is 2.00. The summed E-state index contributed by atoms with van der Waals surface area (Å²) >= 11 is 0. The molecule has 0 atom stereocenters. The summed E-state index contributed by atoms with van der Waals surface area (Å²) in [5.74, 6) is -0.697. The van der Waals surface area contributed by atoms with Crippen molar-refractivity contribution in [2.45, 2.75) is 45.8 Å². The molecule has 21 heavy (non-hydrogen) atoms. The Morgan fingerprint density at radius 3 is 2.14 bits per heavy atom. The van der Waals surface area contributed by atoms with E-state index in [1.165, 1.54) is 7.11 Å². The van der Waals surface area contributed by atoms with Gasteiger partial charge in [-0.1, -0.05) is 6.07 Å². The lowest BCUT2D eigenvalue weighted by Crippen LogP contribution is -2.41. The van der Waals surface area contributed by atoms with E-state index in [4.69, 9.17) is 14.0 Å². The highest BCUT2D eigenvalue weighted by Gasteiger charge is 2.51. The second kappa shape index (κ2) is 5.03. The lowest BCUT2D eigenvalue weighted by molar-refractivity contribution is 0.00578. The van der Waals surface area contributed by atoms with Crippen LogP contribution in [0, 0.1) is 6.92 Å². The summed E-state index contributed by atoms with van der Waals surface area (Å²) in [6.45, 7) is 9.64. The van der Waals surface area contributed by atoms with Crippen molar-refractivity contribution in [2.24, 2.45) is 0 Å². The van der Waals surface area contributed by atoms with Gasteiger partial charge >= 0.3 is 13.1 Å². The van der Waals surface area contributed by atoms with Crippen molar-refractivity contribution >= 4 is 18.6 Å². The van der Waals surface area contributed by atoms with E-state index in [2.05, 4.69) is 0 Å². The van der Waals surface area contributed by atoms with Crippen LogP contribution in [0.15, 0.2) is 12.1 Å². The number of aryl methyl sites for hydroxylation is 1. The second-order valence-electron chi connectivity index (χ2n) is 6.31. The molecule has 0 amide bonds.